The molecule has 0 N–H and O–H groups in total. The van der Waals surface area contributed by atoms with Crippen LogP contribution in [0.1, 0.15) is 0 Å². The van der Waals surface area contributed by atoms with E-state index < -0.39 is 0 Å². The number of rotatable bonds is 6. The fourth-order valence-corrected chi connectivity index (χ4v) is 10.4. The summed E-state index contributed by atoms with van der Waals surface area (Å²) in [4.78, 5) is 0. The lowest BCUT2D eigenvalue weighted by molar-refractivity contribution is 0.671. The van der Waals surface area contributed by atoms with Gasteiger partial charge in [0.05, 0.1) is 11.0 Å². The number of furan rings is 1. The Kier molecular flexibility index (Phi) is 8.25. The van der Waals surface area contributed by atoms with Crippen molar-refractivity contribution in [2.75, 3.05) is 0 Å². The lowest BCUT2D eigenvalue weighted by Gasteiger charge is -2.18. The van der Waals surface area contributed by atoms with E-state index in [9.17, 15) is 0 Å². The molecule has 64 heavy (non-hydrogen) atoms. The third kappa shape index (κ3) is 5.59. The van der Waals surface area contributed by atoms with Crippen LogP contribution in [-0.4, -0.2) is 4.57 Å². The Hall–Kier alpha value is -8.46. The van der Waals surface area contributed by atoms with Gasteiger partial charge in [-0.1, -0.05) is 206 Å². The predicted octanol–water partition coefficient (Wildman–Crippen LogP) is 17.3. The number of aromatic nitrogens is 1. The van der Waals surface area contributed by atoms with Gasteiger partial charge in [-0.2, -0.15) is 0 Å². The van der Waals surface area contributed by atoms with E-state index in [0.29, 0.717) is 0 Å². The zero-order valence-electron chi connectivity index (χ0n) is 34.9. The molecular formula is C62H39NO. The van der Waals surface area contributed by atoms with Crippen LogP contribution in [0, 0.1) is 0 Å². The quantitative estimate of drug-likeness (QED) is 0.153. The van der Waals surface area contributed by atoms with E-state index in [4.69, 9.17) is 4.42 Å². The van der Waals surface area contributed by atoms with E-state index in [0.717, 1.165) is 55.4 Å². The molecule has 0 aliphatic carbocycles. The van der Waals surface area contributed by atoms with Gasteiger partial charge in [0, 0.05) is 38.4 Å². The third-order valence-electron chi connectivity index (χ3n) is 13.2. The van der Waals surface area contributed by atoms with E-state index >= 15 is 0 Å². The second kappa shape index (κ2) is 14.6. The van der Waals surface area contributed by atoms with Gasteiger partial charge in [0.25, 0.3) is 0 Å². The zero-order valence-corrected chi connectivity index (χ0v) is 34.9. The molecule has 0 aliphatic heterocycles. The summed E-state index contributed by atoms with van der Waals surface area (Å²) in [6, 6.07) is 85.7. The molecular weight excluding hydrogens is 775 g/mol. The Balaban J connectivity index is 0.939. The first kappa shape index (κ1) is 36.2. The highest BCUT2D eigenvalue weighted by atomic mass is 16.3. The number of hydrogen-bond acceptors (Lipinski definition) is 1. The van der Waals surface area contributed by atoms with E-state index in [1.165, 1.54) is 71.2 Å². The van der Waals surface area contributed by atoms with E-state index in [2.05, 4.69) is 241 Å². The molecule has 2 heterocycles. The maximum Gasteiger partial charge on any atom is 0.143 e. The Morgan fingerprint density at radius 1 is 0.250 bits per heavy atom. The van der Waals surface area contributed by atoms with Crippen LogP contribution < -0.4 is 0 Å². The molecule has 0 aliphatic rings. The van der Waals surface area contributed by atoms with Crippen LogP contribution >= 0.6 is 0 Å². The summed E-state index contributed by atoms with van der Waals surface area (Å²) in [7, 11) is 0. The first-order valence-corrected chi connectivity index (χ1v) is 22.0. The Morgan fingerprint density at radius 2 is 0.688 bits per heavy atom. The molecule has 0 radical (unpaired) electrons. The summed E-state index contributed by atoms with van der Waals surface area (Å²) in [6.07, 6.45) is 0. The van der Waals surface area contributed by atoms with Crippen molar-refractivity contribution < 1.29 is 4.42 Å². The van der Waals surface area contributed by atoms with Crippen LogP contribution in [0.2, 0.25) is 0 Å². The van der Waals surface area contributed by atoms with Crippen molar-refractivity contribution in [3.05, 3.63) is 237 Å². The second-order valence-electron chi connectivity index (χ2n) is 16.7. The number of para-hydroxylation sites is 3. The number of nitrogens with zero attached hydrogens (tertiary/aromatic N) is 1. The molecule has 298 valence electrons. The van der Waals surface area contributed by atoms with Gasteiger partial charge < -0.3 is 8.98 Å². The second-order valence-corrected chi connectivity index (χ2v) is 16.7. The molecule has 0 fully saturated rings. The molecule has 2 nitrogen and oxygen atoms in total. The topological polar surface area (TPSA) is 18.1 Å². The van der Waals surface area contributed by atoms with Crippen LogP contribution in [-0.2, 0) is 0 Å². The minimum Gasteiger partial charge on any atom is -0.455 e. The lowest BCUT2D eigenvalue weighted by atomic mass is 9.86. The first-order valence-electron chi connectivity index (χ1n) is 22.0. The molecule has 0 bridgehead atoms. The molecule has 0 amide bonds. The van der Waals surface area contributed by atoms with Crippen molar-refractivity contribution in [1.29, 1.82) is 0 Å². The van der Waals surface area contributed by atoms with Gasteiger partial charge in [0.2, 0.25) is 0 Å². The average molecular weight is 814 g/mol. The Morgan fingerprint density at radius 3 is 1.33 bits per heavy atom. The molecule has 0 spiro atoms. The van der Waals surface area contributed by atoms with Crippen LogP contribution in [0.25, 0.3) is 127 Å². The van der Waals surface area contributed by atoms with Crippen molar-refractivity contribution in [3.8, 4) is 61.3 Å². The third-order valence-corrected chi connectivity index (χ3v) is 13.2. The van der Waals surface area contributed by atoms with Crippen molar-refractivity contribution in [1.82, 2.24) is 4.57 Å². The van der Waals surface area contributed by atoms with Crippen LogP contribution in [0.15, 0.2) is 241 Å². The largest absolute Gasteiger partial charge is 0.455 e. The van der Waals surface area contributed by atoms with Crippen molar-refractivity contribution in [2.45, 2.75) is 0 Å². The molecule has 2 aromatic heterocycles. The van der Waals surface area contributed by atoms with Crippen molar-refractivity contribution in [2.24, 2.45) is 0 Å². The highest BCUT2D eigenvalue weighted by Crippen LogP contribution is 2.46. The molecule has 13 aromatic rings. The molecule has 0 saturated carbocycles. The van der Waals surface area contributed by atoms with Gasteiger partial charge in [-0.15, -0.1) is 0 Å². The predicted molar refractivity (Wildman–Crippen MR) is 270 cm³/mol. The fourth-order valence-electron chi connectivity index (χ4n) is 10.4. The summed E-state index contributed by atoms with van der Waals surface area (Å²) in [5.41, 5.74) is 17.1. The molecule has 13 rings (SSSR count). The van der Waals surface area contributed by atoms with Crippen molar-refractivity contribution >= 4 is 65.3 Å². The molecule has 0 unspecified atom stereocenters. The number of hydrogen-bond donors (Lipinski definition) is 0. The van der Waals surface area contributed by atoms with Crippen LogP contribution in [0.3, 0.4) is 0 Å². The summed E-state index contributed by atoms with van der Waals surface area (Å²) in [6.45, 7) is 0. The van der Waals surface area contributed by atoms with Gasteiger partial charge >= 0.3 is 0 Å². The highest BCUT2D eigenvalue weighted by molar-refractivity contribution is 6.21. The fraction of sp³-hybridized carbons (Fsp3) is 0. The monoisotopic (exact) mass is 813 g/mol. The highest BCUT2D eigenvalue weighted by Gasteiger charge is 2.21. The average Bonchev–Trinajstić information content (AvgIpc) is 3.92. The van der Waals surface area contributed by atoms with Gasteiger partial charge in [-0.25, -0.2) is 0 Å². The lowest BCUT2D eigenvalue weighted by Crippen LogP contribution is -1.94. The van der Waals surface area contributed by atoms with Crippen molar-refractivity contribution in [3.63, 3.8) is 0 Å². The van der Waals surface area contributed by atoms with Gasteiger partial charge in [0.15, 0.2) is 0 Å². The summed E-state index contributed by atoms with van der Waals surface area (Å²) >= 11 is 0. The molecule has 11 aromatic carbocycles. The molecule has 0 atom stereocenters. The zero-order chi connectivity index (χ0) is 42.1. The SMILES string of the molecule is c1ccc(-c2ccccc2-c2cccc3c2oc2c(-c4ccc5c(c4)c4ccccc4n5-c4ccc(-c5c6ccccc6c(-c6ccccc6)c6ccccc56)cc4)cccc23)cc1. The number of benzene rings is 11. The van der Waals surface area contributed by atoms with Crippen LogP contribution in [0.5, 0.6) is 0 Å². The van der Waals surface area contributed by atoms with E-state index in [1.54, 1.807) is 0 Å². The Bertz CT molecular complexity index is 3870. The summed E-state index contributed by atoms with van der Waals surface area (Å²) < 4.78 is 9.42. The smallest absolute Gasteiger partial charge is 0.143 e. The van der Waals surface area contributed by atoms with Crippen LogP contribution in [0.4, 0.5) is 0 Å². The minimum absolute atomic E-state index is 0.901. The maximum absolute atomic E-state index is 7.01. The summed E-state index contributed by atoms with van der Waals surface area (Å²) in [5, 5.41) is 9.68. The first-order chi connectivity index (χ1) is 31.8. The van der Waals surface area contributed by atoms with E-state index in [1.807, 2.05) is 0 Å². The number of fused-ring (bicyclic) bond motifs is 8. The van der Waals surface area contributed by atoms with Gasteiger partial charge in [0.1, 0.15) is 11.2 Å². The molecule has 2 heteroatoms. The van der Waals surface area contributed by atoms with Gasteiger partial charge in [-0.05, 0) is 96.4 Å². The molecule has 0 saturated heterocycles. The normalized spacial score (nSPS) is 11.8. The standard InChI is InChI=1S/C62H39NO/c1-3-17-40(18-4-1)45-21-7-8-22-47(45)53-29-16-31-55-54-30-15-28-46(61(54)64-62(53)55)43-35-38-58-56(39-43)48-23-13-14-32-57(48)63(58)44-36-33-42(34-37-44)60-51-26-11-9-24-49(51)59(41-19-5-2-6-20-41)50-25-10-12-27-52(50)60/h1-39H. The van der Waals surface area contributed by atoms with Gasteiger partial charge in [-0.3, -0.25) is 0 Å². The minimum atomic E-state index is 0.901. The summed E-state index contributed by atoms with van der Waals surface area (Å²) in [5.74, 6) is 0. The Labute approximate surface area is 370 Å². The van der Waals surface area contributed by atoms with E-state index in [-0.39, 0.29) is 0 Å². The maximum atomic E-state index is 7.01.